The van der Waals surface area contributed by atoms with Gasteiger partial charge in [-0.15, -0.1) is 0 Å². The Morgan fingerprint density at radius 1 is 0.853 bits per heavy atom. The second-order valence-electron chi connectivity index (χ2n) is 9.99. The van der Waals surface area contributed by atoms with Gasteiger partial charge in [0.2, 0.25) is 17.7 Å². The summed E-state index contributed by atoms with van der Waals surface area (Å²) in [6, 6.07) is 15.9. The van der Waals surface area contributed by atoms with Gasteiger partial charge in [-0.3, -0.25) is 19.3 Å². The third-order valence-corrected chi connectivity index (χ3v) is 8.99. The van der Waals surface area contributed by atoms with Crippen LogP contribution in [0.25, 0.3) is 0 Å². The van der Waals surface area contributed by atoms with Gasteiger partial charge in [0.05, 0.1) is 11.8 Å². The van der Waals surface area contributed by atoms with Gasteiger partial charge in [0.25, 0.3) is 0 Å². The van der Waals surface area contributed by atoms with Gasteiger partial charge >= 0.3 is 0 Å². The smallest absolute Gasteiger partial charge is 0.245 e. The Labute approximate surface area is 204 Å². The lowest BCUT2D eigenvalue weighted by molar-refractivity contribution is -0.152. The highest BCUT2D eigenvalue weighted by molar-refractivity contribution is 7.98. The number of hydrogen-bond donors (Lipinski definition) is 0. The van der Waals surface area contributed by atoms with E-state index in [4.69, 9.17) is 0 Å². The second kappa shape index (κ2) is 8.56. The molecule has 7 rings (SSSR count). The fourth-order valence-corrected chi connectivity index (χ4v) is 7.38. The van der Waals surface area contributed by atoms with E-state index in [9.17, 15) is 14.4 Å². The van der Waals surface area contributed by atoms with Crippen LogP contribution in [0.1, 0.15) is 59.8 Å². The maximum atomic E-state index is 14.1. The molecule has 5 aliphatic rings. The summed E-state index contributed by atoms with van der Waals surface area (Å²) >= 11 is 1.65. The Morgan fingerprint density at radius 2 is 1.32 bits per heavy atom. The number of carbonyl (C=O) groups is 3. The van der Waals surface area contributed by atoms with E-state index in [1.165, 1.54) is 27.2 Å². The largest absolute Gasteiger partial charge is 0.341 e. The van der Waals surface area contributed by atoms with Crippen molar-refractivity contribution < 1.29 is 14.4 Å². The fourth-order valence-electron chi connectivity index (χ4n) is 6.93. The van der Waals surface area contributed by atoms with E-state index in [1.807, 2.05) is 35.4 Å². The molecule has 2 saturated heterocycles. The van der Waals surface area contributed by atoms with E-state index >= 15 is 0 Å². The first kappa shape index (κ1) is 21.9. The molecule has 6 heteroatoms. The second-order valence-corrected chi connectivity index (χ2v) is 11.0. The summed E-state index contributed by atoms with van der Waals surface area (Å²) in [5.41, 5.74) is 4.66. The number of thioether (sulfide) groups is 1. The maximum Gasteiger partial charge on any atom is 0.245 e. The number of carbonyl (C=O) groups excluding carboxylic acids is 3. The summed E-state index contributed by atoms with van der Waals surface area (Å²) in [4.78, 5) is 45.1. The number of amides is 3. The summed E-state index contributed by atoms with van der Waals surface area (Å²) in [5, 5.41) is 0. The van der Waals surface area contributed by atoms with Crippen molar-refractivity contribution in [2.45, 2.75) is 43.6 Å². The van der Waals surface area contributed by atoms with Gasteiger partial charge in [-0.05, 0) is 59.9 Å². The number of imide groups is 1. The zero-order valence-electron chi connectivity index (χ0n) is 19.5. The van der Waals surface area contributed by atoms with Crippen LogP contribution in [0.4, 0.5) is 0 Å². The van der Waals surface area contributed by atoms with Gasteiger partial charge < -0.3 is 4.90 Å². The van der Waals surface area contributed by atoms with Crippen molar-refractivity contribution in [3.8, 4) is 0 Å². The molecule has 0 spiro atoms. The average Bonchev–Trinajstić information content (AvgIpc) is 3.15. The number of hydrogen-bond acceptors (Lipinski definition) is 4. The molecule has 34 heavy (non-hydrogen) atoms. The first-order valence-electron chi connectivity index (χ1n) is 12.5. The fraction of sp³-hybridized carbons (Fsp3) is 0.464. The van der Waals surface area contributed by atoms with Crippen molar-refractivity contribution in [2.75, 3.05) is 25.1 Å². The van der Waals surface area contributed by atoms with E-state index in [-0.39, 0.29) is 29.6 Å². The normalized spacial score (nSPS) is 27.9. The van der Waals surface area contributed by atoms with Gasteiger partial charge in [0.1, 0.15) is 6.04 Å². The highest BCUT2D eigenvalue weighted by Crippen LogP contribution is 2.61. The number of benzene rings is 2. The van der Waals surface area contributed by atoms with Gasteiger partial charge in [-0.25, -0.2) is 0 Å². The highest BCUT2D eigenvalue weighted by Gasteiger charge is 2.63. The molecule has 0 aromatic heterocycles. The van der Waals surface area contributed by atoms with Crippen LogP contribution in [0.15, 0.2) is 48.5 Å². The van der Waals surface area contributed by atoms with E-state index in [0.29, 0.717) is 6.42 Å². The molecule has 0 N–H and O–H groups in total. The summed E-state index contributed by atoms with van der Waals surface area (Å²) in [5.74, 6) is -0.705. The van der Waals surface area contributed by atoms with Crippen LogP contribution in [0.5, 0.6) is 0 Å². The lowest BCUT2D eigenvalue weighted by Crippen LogP contribution is -2.52. The molecule has 3 amide bonds. The minimum atomic E-state index is -0.693. The minimum Gasteiger partial charge on any atom is -0.341 e. The van der Waals surface area contributed by atoms with Crippen LogP contribution < -0.4 is 0 Å². The number of piperidine rings is 1. The third-order valence-electron chi connectivity index (χ3n) is 8.34. The summed E-state index contributed by atoms with van der Waals surface area (Å²) < 4.78 is 0. The van der Waals surface area contributed by atoms with E-state index in [1.54, 1.807) is 11.8 Å². The first-order valence-corrected chi connectivity index (χ1v) is 13.8. The molecule has 3 atom stereocenters. The van der Waals surface area contributed by atoms with Crippen LogP contribution in [0, 0.1) is 11.8 Å². The van der Waals surface area contributed by atoms with Crippen molar-refractivity contribution in [3.63, 3.8) is 0 Å². The first-order chi connectivity index (χ1) is 16.6. The van der Waals surface area contributed by atoms with Crippen molar-refractivity contribution in [2.24, 2.45) is 11.8 Å². The van der Waals surface area contributed by atoms with Crippen LogP contribution in [0.3, 0.4) is 0 Å². The SMILES string of the molecule is CSCC[C@@H](C(=O)N1CCCCC1)N1C(=O)[C@@H]2C3c4ccccc4C(c4ccccc43)[C@@H]2C1=O. The Balaban J connectivity index is 1.42. The quantitative estimate of drug-likeness (QED) is 0.615. The topological polar surface area (TPSA) is 57.7 Å². The molecular weight excluding hydrogens is 444 g/mol. The molecule has 2 bridgehead atoms. The average molecular weight is 475 g/mol. The van der Waals surface area contributed by atoms with Crippen molar-refractivity contribution in [3.05, 3.63) is 70.8 Å². The lowest BCUT2D eigenvalue weighted by atomic mass is 9.55. The number of rotatable bonds is 5. The third kappa shape index (κ3) is 3.10. The van der Waals surface area contributed by atoms with Gasteiger partial charge in [0.15, 0.2) is 0 Å². The summed E-state index contributed by atoms with van der Waals surface area (Å²) in [7, 11) is 0. The maximum absolute atomic E-state index is 14.1. The lowest BCUT2D eigenvalue weighted by Gasteiger charge is -2.45. The van der Waals surface area contributed by atoms with Crippen molar-refractivity contribution >= 4 is 29.5 Å². The van der Waals surface area contributed by atoms with Crippen molar-refractivity contribution in [1.29, 1.82) is 0 Å². The Bertz CT molecular complexity index is 1040. The standard InChI is InChI=1S/C28H30N2O3S/c1-34-16-13-21(26(31)29-14-7-2-8-15-29)30-27(32)24-22-17-9-3-4-10-18(17)23(25(24)28(30)33)20-12-6-5-11-19(20)22/h3-6,9-12,21-25H,2,7-8,13-16H2,1H3/t21-,22?,23?,24-,25+/m0/s1. The summed E-state index contributed by atoms with van der Waals surface area (Å²) in [6.07, 6.45) is 5.63. The van der Waals surface area contributed by atoms with E-state index in [2.05, 4.69) is 24.3 Å². The molecule has 3 aliphatic carbocycles. The molecule has 2 aliphatic heterocycles. The predicted octanol–water partition coefficient (Wildman–Crippen LogP) is 4.01. The zero-order valence-corrected chi connectivity index (χ0v) is 20.3. The van der Waals surface area contributed by atoms with Crippen molar-refractivity contribution in [1.82, 2.24) is 9.80 Å². The zero-order chi connectivity index (χ0) is 23.4. The van der Waals surface area contributed by atoms with Gasteiger partial charge in [0, 0.05) is 24.9 Å². The predicted molar refractivity (Wildman–Crippen MR) is 133 cm³/mol. The summed E-state index contributed by atoms with van der Waals surface area (Å²) in [6.45, 7) is 1.44. The minimum absolute atomic E-state index is 0.0449. The van der Waals surface area contributed by atoms with Crippen LogP contribution in [-0.4, -0.2) is 58.7 Å². The van der Waals surface area contributed by atoms with E-state index in [0.717, 1.165) is 38.1 Å². The van der Waals surface area contributed by atoms with Crippen LogP contribution >= 0.6 is 11.8 Å². The van der Waals surface area contributed by atoms with Gasteiger partial charge in [-0.2, -0.15) is 11.8 Å². The Morgan fingerprint density at radius 3 is 1.76 bits per heavy atom. The van der Waals surface area contributed by atoms with E-state index < -0.39 is 17.9 Å². The molecule has 2 fully saturated rings. The monoisotopic (exact) mass is 474 g/mol. The number of likely N-dealkylation sites (tertiary alicyclic amines) is 2. The molecule has 0 unspecified atom stereocenters. The molecule has 176 valence electrons. The number of nitrogens with zero attached hydrogens (tertiary/aromatic N) is 2. The molecular formula is C28H30N2O3S. The molecule has 0 saturated carbocycles. The van der Waals surface area contributed by atoms with Gasteiger partial charge in [-0.1, -0.05) is 48.5 Å². The molecule has 5 nitrogen and oxygen atoms in total. The van der Waals surface area contributed by atoms with Crippen LogP contribution in [-0.2, 0) is 14.4 Å². The molecule has 2 aromatic carbocycles. The molecule has 2 aromatic rings. The molecule has 0 radical (unpaired) electrons. The highest BCUT2D eigenvalue weighted by atomic mass is 32.2. The Kier molecular flexibility index (Phi) is 5.51. The molecule has 2 heterocycles. The Hall–Kier alpha value is -2.60. The van der Waals surface area contributed by atoms with Crippen LogP contribution in [0.2, 0.25) is 0 Å².